The smallest absolute Gasteiger partial charge is 0.462 e. The summed E-state index contributed by atoms with van der Waals surface area (Å²) in [6.45, 7) is 11.9. The van der Waals surface area contributed by atoms with Crippen LogP contribution in [0.3, 0.4) is 0 Å². The number of aliphatic hydroxyl groups excluding tert-OH is 1. The minimum absolute atomic E-state index is 0.104. The van der Waals surface area contributed by atoms with Crippen LogP contribution in [0, 0.1) is 17.8 Å². The van der Waals surface area contributed by atoms with E-state index in [0.29, 0.717) is 25.7 Å². The Morgan fingerprint density at radius 1 is 0.312 bits per heavy atom. The molecule has 0 aromatic heterocycles. The van der Waals surface area contributed by atoms with Crippen molar-refractivity contribution in [3.8, 4) is 0 Å². The lowest BCUT2D eigenvalue weighted by molar-refractivity contribution is -0.161. The van der Waals surface area contributed by atoms with E-state index in [1.54, 1.807) is 0 Å². The van der Waals surface area contributed by atoms with Gasteiger partial charge in [0.1, 0.15) is 19.3 Å². The molecule has 0 aromatic carbocycles. The first-order valence-corrected chi connectivity index (χ1v) is 41.4. The van der Waals surface area contributed by atoms with Gasteiger partial charge in [-0.1, -0.05) is 325 Å². The van der Waals surface area contributed by atoms with Crippen LogP contribution in [0.2, 0.25) is 0 Å². The van der Waals surface area contributed by atoms with Crippen molar-refractivity contribution in [1.29, 1.82) is 0 Å². The van der Waals surface area contributed by atoms with Crippen molar-refractivity contribution < 1.29 is 80.2 Å². The van der Waals surface area contributed by atoms with Gasteiger partial charge in [0.25, 0.3) is 0 Å². The number of hydrogen-bond acceptors (Lipinski definition) is 15. The van der Waals surface area contributed by atoms with Crippen LogP contribution < -0.4 is 0 Å². The predicted octanol–water partition coefficient (Wildman–Crippen LogP) is 21.4. The van der Waals surface area contributed by atoms with E-state index >= 15 is 0 Å². The molecule has 0 bridgehead atoms. The molecule has 0 aliphatic rings. The van der Waals surface area contributed by atoms with Crippen LogP contribution in [-0.2, 0) is 65.4 Å². The fraction of sp³-hybridized carbons (Fsp3) is 0.946. The molecule has 0 fully saturated rings. The van der Waals surface area contributed by atoms with Gasteiger partial charge in [-0.15, -0.1) is 0 Å². The SMILES string of the molecule is CCCCCCCC(=O)OC[C@H](COP(=O)(O)OC[C@H](O)COP(=O)(O)OC[C@@H](COC(=O)CCCCCCCCCCCCC(C)CC)OC(=O)CCCCCCCCCCCCCCCCCCCCC(C)CC)OC(=O)CCCCCCCCCCCC(C)C. The van der Waals surface area contributed by atoms with E-state index in [1.165, 1.54) is 180 Å². The maximum absolute atomic E-state index is 13.1. The fourth-order valence-electron chi connectivity index (χ4n) is 11.2. The van der Waals surface area contributed by atoms with Gasteiger partial charge in [0.2, 0.25) is 0 Å². The molecule has 0 saturated heterocycles. The van der Waals surface area contributed by atoms with Gasteiger partial charge in [-0.25, -0.2) is 9.13 Å². The van der Waals surface area contributed by atoms with Crippen molar-refractivity contribution in [1.82, 2.24) is 0 Å². The van der Waals surface area contributed by atoms with Crippen LogP contribution in [0.5, 0.6) is 0 Å². The number of aliphatic hydroxyl groups is 1. The Labute approximate surface area is 568 Å². The summed E-state index contributed by atoms with van der Waals surface area (Å²) in [4.78, 5) is 72.4. The molecule has 0 aliphatic heterocycles. The van der Waals surface area contributed by atoms with Crippen LogP contribution in [0.4, 0.5) is 0 Å². The molecule has 93 heavy (non-hydrogen) atoms. The van der Waals surface area contributed by atoms with Gasteiger partial charge < -0.3 is 33.8 Å². The molecule has 0 spiro atoms. The van der Waals surface area contributed by atoms with E-state index < -0.39 is 97.5 Å². The van der Waals surface area contributed by atoms with Crippen LogP contribution in [0.15, 0.2) is 0 Å². The Hall–Kier alpha value is -1.94. The standard InChI is InChI=1S/C74H144O17P2/c1-8-11-12-38-48-55-71(76)84-61-69(90-74(79)58-51-44-37-31-25-26-32-39-45-52-65(4)5)63-88-92(80,81)86-59-68(75)60-87-93(82,83)89-64-70(62-85-72(77)56-49-42-35-29-24-23-28-34-41-47-54-67(7)10-3)91-73(78)57-50-43-36-30-22-20-18-16-14-13-15-17-19-21-27-33-40-46-53-66(6)9-2/h65-70,75H,8-64H2,1-7H3,(H,80,81)(H,82,83)/t66?,67?,68-,69+,70+/m0/s1. The molecule has 3 N–H and O–H groups in total. The number of esters is 4. The zero-order chi connectivity index (χ0) is 68.7. The Balaban J connectivity index is 5.12. The summed E-state index contributed by atoms with van der Waals surface area (Å²) in [6.07, 6.45) is 50.4. The number of unbranched alkanes of at least 4 members (excludes halogenated alkanes) is 38. The third-order valence-electron chi connectivity index (χ3n) is 17.9. The van der Waals surface area contributed by atoms with Crippen LogP contribution in [-0.4, -0.2) is 96.7 Å². The summed E-state index contributed by atoms with van der Waals surface area (Å²) in [5.41, 5.74) is 0. The van der Waals surface area contributed by atoms with Crippen molar-refractivity contribution >= 4 is 39.5 Å². The van der Waals surface area contributed by atoms with Gasteiger partial charge in [0.15, 0.2) is 12.2 Å². The molecular formula is C74H144O17P2. The number of carbonyl (C=O) groups is 4. The zero-order valence-corrected chi connectivity index (χ0v) is 62.5. The lowest BCUT2D eigenvalue weighted by Crippen LogP contribution is -2.30. The van der Waals surface area contributed by atoms with E-state index in [1.807, 2.05) is 0 Å². The maximum Gasteiger partial charge on any atom is 0.472 e. The summed E-state index contributed by atoms with van der Waals surface area (Å²) >= 11 is 0. The predicted molar refractivity (Wildman–Crippen MR) is 377 cm³/mol. The molecule has 552 valence electrons. The largest absolute Gasteiger partial charge is 0.472 e. The van der Waals surface area contributed by atoms with Crippen molar-refractivity contribution in [2.75, 3.05) is 39.6 Å². The van der Waals surface area contributed by atoms with E-state index in [0.717, 1.165) is 114 Å². The Kier molecular flexibility index (Phi) is 63.4. The number of ether oxygens (including phenoxy) is 4. The van der Waals surface area contributed by atoms with Crippen LogP contribution in [0.1, 0.15) is 376 Å². The van der Waals surface area contributed by atoms with Gasteiger partial charge in [0.05, 0.1) is 26.4 Å². The quantitative estimate of drug-likeness (QED) is 0.0222. The Morgan fingerprint density at radius 2 is 0.548 bits per heavy atom. The average Bonchev–Trinajstić information content (AvgIpc) is 2.24. The van der Waals surface area contributed by atoms with Gasteiger partial charge in [-0.05, 0) is 43.4 Å². The topological polar surface area (TPSA) is 237 Å². The van der Waals surface area contributed by atoms with Crippen LogP contribution in [0.25, 0.3) is 0 Å². The summed E-state index contributed by atoms with van der Waals surface area (Å²) in [6, 6.07) is 0. The molecule has 0 aliphatic carbocycles. The van der Waals surface area contributed by atoms with Gasteiger partial charge in [-0.3, -0.25) is 37.3 Å². The van der Waals surface area contributed by atoms with E-state index in [9.17, 15) is 43.2 Å². The first kappa shape index (κ1) is 91.1. The van der Waals surface area contributed by atoms with Crippen molar-refractivity contribution in [2.24, 2.45) is 17.8 Å². The van der Waals surface area contributed by atoms with E-state index in [-0.39, 0.29) is 25.7 Å². The van der Waals surface area contributed by atoms with Crippen molar-refractivity contribution in [3.05, 3.63) is 0 Å². The first-order valence-electron chi connectivity index (χ1n) is 38.4. The monoisotopic (exact) mass is 1370 g/mol. The molecule has 0 radical (unpaired) electrons. The molecule has 0 saturated carbocycles. The molecule has 19 heteroatoms. The molecule has 0 heterocycles. The number of carbonyl (C=O) groups excluding carboxylic acids is 4. The molecule has 0 aromatic rings. The molecule has 17 nitrogen and oxygen atoms in total. The van der Waals surface area contributed by atoms with Gasteiger partial charge in [-0.2, -0.15) is 0 Å². The number of rotatable bonds is 72. The highest BCUT2D eigenvalue weighted by Crippen LogP contribution is 2.45. The Bertz CT molecular complexity index is 1820. The molecule has 0 amide bonds. The third kappa shape index (κ3) is 65.8. The number of hydrogen-bond donors (Lipinski definition) is 3. The van der Waals surface area contributed by atoms with E-state index in [4.69, 9.17) is 37.0 Å². The summed E-state index contributed by atoms with van der Waals surface area (Å²) < 4.78 is 68.2. The third-order valence-corrected chi connectivity index (χ3v) is 19.8. The van der Waals surface area contributed by atoms with Crippen molar-refractivity contribution in [2.45, 2.75) is 394 Å². The highest BCUT2D eigenvalue weighted by molar-refractivity contribution is 7.47. The van der Waals surface area contributed by atoms with Crippen LogP contribution >= 0.6 is 15.6 Å². The summed E-state index contributed by atoms with van der Waals surface area (Å²) in [7, 11) is -9.90. The second-order valence-corrected chi connectivity index (χ2v) is 30.6. The van der Waals surface area contributed by atoms with Gasteiger partial charge in [0, 0.05) is 25.7 Å². The van der Waals surface area contributed by atoms with Crippen molar-refractivity contribution in [3.63, 3.8) is 0 Å². The molecular weight excluding hydrogens is 1220 g/mol. The van der Waals surface area contributed by atoms with Gasteiger partial charge >= 0.3 is 39.5 Å². The lowest BCUT2D eigenvalue weighted by atomic mass is 9.99. The summed E-state index contributed by atoms with van der Waals surface area (Å²) in [5.74, 6) is 0.284. The Morgan fingerprint density at radius 3 is 0.817 bits per heavy atom. The maximum atomic E-state index is 13.1. The lowest BCUT2D eigenvalue weighted by Gasteiger charge is -2.21. The second kappa shape index (κ2) is 64.7. The molecule has 7 atom stereocenters. The molecule has 4 unspecified atom stereocenters. The number of phosphoric ester groups is 2. The highest BCUT2D eigenvalue weighted by Gasteiger charge is 2.30. The fourth-order valence-corrected chi connectivity index (χ4v) is 12.8. The minimum Gasteiger partial charge on any atom is -0.462 e. The number of phosphoric acid groups is 2. The highest BCUT2D eigenvalue weighted by atomic mass is 31.2. The molecule has 0 rings (SSSR count). The minimum atomic E-state index is -4.95. The first-order chi connectivity index (χ1) is 44.8. The average molecular weight is 1370 g/mol. The summed E-state index contributed by atoms with van der Waals surface area (Å²) in [5, 5.41) is 10.6. The normalized spacial score (nSPS) is 14.7. The zero-order valence-electron chi connectivity index (χ0n) is 60.7. The second-order valence-electron chi connectivity index (χ2n) is 27.6. The van der Waals surface area contributed by atoms with E-state index in [2.05, 4.69) is 48.5 Å².